The second-order valence-corrected chi connectivity index (χ2v) is 5.29. The summed E-state index contributed by atoms with van der Waals surface area (Å²) in [4.78, 5) is -0.177. The Labute approximate surface area is 60.0 Å². The molecule has 0 rings (SSSR count). The standard InChI is InChI=1S/C6H12ClSi/c1-5(2,7)6(3,4)8/h1-4H3. The minimum Gasteiger partial charge on any atom is -0.120 e. The van der Waals surface area contributed by atoms with Crippen molar-refractivity contribution in [2.24, 2.45) is 0 Å². The molecular weight excluding hydrogens is 136 g/mol. The first-order valence-electron chi connectivity index (χ1n) is 2.69. The third kappa shape index (κ3) is 2.18. The van der Waals surface area contributed by atoms with Crippen LogP contribution in [0.1, 0.15) is 27.7 Å². The van der Waals surface area contributed by atoms with E-state index >= 15 is 0 Å². The van der Waals surface area contributed by atoms with Crippen molar-refractivity contribution < 1.29 is 0 Å². The molecule has 0 nitrogen and oxygen atoms in total. The Morgan fingerprint density at radius 1 is 1.12 bits per heavy atom. The van der Waals surface area contributed by atoms with E-state index < -0.39 is 0 Å². The van der Waals surface area contributed by atoms with Gasteiger partial charge in [-0.2, -0.15) is 0 Å². The maximum atomic E-state index is 5.96. The molecule has 2 heteroatoms. The fourth-order valence-corrected chi connectivity index (χ4v) is 0. The van der Waals surface area contributed by atoms with Crippen LogP contribution in [0.15, 0.2) is 0 Å². The van der Waals surface area contributed by atoms with Crippen LogP contribution in [0, 0.1) is 0 Å². The quantitative estimate of drug-likeness (QED) is 0.395. The average molecular weight is 148 g/mol. The predicted molar refractivity (Wildman–Crippen MR) is 39.7 cm³/mol. The Hall–Kier alpha value is 0.507. The molecule has 0 atom stereocenters. The summed E-state index contributed by atoms with van der Waals surface area (Å²) in [6.45, 7) is 8.08. The van der Waals surface area contributed by atoms with Gasteiger partial charge < -0.3 is 0 Å². The van der Waals surface area contributed by atoms with Crippen LogP contribution in [0.3, 0.4) is 0 Å². The Bertz CT molecular complexity index is 63.5. The van der Waals surface area contributed by atoms with E-state index in [0.29, 0.717) is 0 Å². The Kier molecular flexibility index (Phi) is 2.16. The summed E-state index contributed by atoms with van der Waals surface area (Å²) in [5.41, 5.74) is 0. The molecule has 0 aromatic carbocycles. The van der Waals surface area contributed by atoms with Gasteiger partial charge in [0.15, 0.2) is 0 Å². The van der Waals surface area contributed by atoms with E-state index in [-0.39, 0.29) is 9.91 Å². The number of hydrogen-bond donors (Lipinski definition) is 0. The van der Waals surface area contributed by atoms with E-state index in [4.69, 9.17) is 11.6 Å². The second kappa shape index (κ2) is 2.03. The van der Waals surface area contributed by atoms with E-state index in [2.05, 4.69) is 24.1 Å². The van der Waals surface area contributed by atoms with E-state index in [1.807, 2.05) is 13.8 Å². The number of hydrogen-bond acceptors (Lipinski definition) is 0. The van der Waals surface area contributed by atoms with Crippen molar-refractivity contribution in [2.45, 2.75) is 37.6 Å². The van der Waals surface area contributed by atoms with Crippen LogP contribution in [0.5, 0.6) is 0 Å². The van der Waals surface area contributed by atoms with Crippen LogP contribution >= 0.6 is 11.6 Å². The van der Waals surface area contributed by atoms with Gasteiger partial charge in [-0.05, 0) is 18.9 Å². The zero-order chi connectivity index (χ0) is 7.00. The van der Waals surface area contributed by atoms with Gasteiger partial charge in [0.05, 0.1) is 0 Å². The summed E-state index contributed by atoms with van der Waals surface area (Å²) in [5, 5.41) is 0.00849. The van der Waals surface area contributed by atoms with Gasteiger partial charge in [-0.3, -0.25) is 0 Å². The van der Waals surface area contributed by atoms with Crippen molar-refractivity contribution in [1.82, 2.24) is 0 Å². The molecule has 47 valence electrons. The molecule has 0 N–H and O–H groups in total. The minimum atomic E-state index is -0.177. The molecule has 0 unspecified atom stereocenters. The minimum absolute atomic E-state index is 0.00849. The average Bonchev–Trinajstić information content (AvgIpc) is 1.25. The molecule has 0 heterocycles. The van der Waals surface area contributed by atoms with Crippen LogP contribution in [-0.4, -0.2) is 15.1 Å². The molecule has 0 aromatic heterocycles. The lowest BCUT2D eigenvalue weighted by atomic mass is 9.98. The molecule has 0 aliphatic carbocycles. The highest BCUT2D eigenvalue weighted by Crippen LogP contribution is 2.38. The smallest absolute Gasteiger partial charge is 0.0410 e. The van der Waals surface area contributed by atoms with Crippen LogP contribution in [0.2, 0.25) is 5.04 Å². The summed E-state index contributed by atoms with van der Waals surface area (Å²) in [7, 11) is 3.52. The maximum Gasteiger partial charge on any atom is 0.0410 e. The largest absolute Gasteiger partial charge is 0.120 e. The summed E-state index contributed by atoms with van der Waals surface area (Å²) in [6.07, 6.45) is 0. The van der Waals surface area contributed by atoms with Gasteiger partial charge in [-0.15, -0.1) is 11.6 Å². The van der Waals surface area contributed by atoms with Crippen LogP contribution in [0.25, 0.3) is 0 Å². The summed E-state index contributed by atoms with van der Waals surface area (Å²) >= 11 is 5.96. The van der Waals surface area contributed by atoms with Gasteiger partial charge in [0.25, 0.3) is 0 Å². The van der Waals surface area contributed by atoms with Crippen LogP contribution < -0.4 is 0 Å². The first-order chi connectivity index (χ1) is 3.25. The highest BCUT2D eigenvalue weighted by molar-refractivity contribution is 6.30. The van der Waals surface area contributed by atoms with Crippen molar-refractivity contribution in [1.29, 1.82) is 0 Å². The molecule has 0 aromatic rings. The normalized spacial score (nSPS) is 14.2. The molecule has 0 aliphatic rings. The molecule has 8 heavy (non-hydrogen) atoms. The fourth-order valence-electron chi connectivity index (χ4n) is 0. The monoisotopic (exact) mass is 147 g/mol. The maximum absolute atomic E-state index is 5.96. The van der Waals surface area contributed by atoms with Crippen molar-refractivity contribution in [2.75, 3.05) is 0 Å². The molecule has 0 amide bonds. The van der Waals surface area contributed by atoms with Gasteiger partial charge in [0.1, 0.15) is 0 Å². The first kappa shape index (κ1) is 8.51. The highest BCUT2D eigenvalue weighted by Gasteiger charge is 2.29. The number of rotatable bonds is 1. The van der Waals surface area contributed by atoms with E-state index in [0.717, 1.165) is 0 Å². The van der Waals surface area contributed by atoms with Crippen LogP contribution in [-0.2, 0) is 0 Å². The van der Waals surface area contributed by atoms with Gasteiger partial charge in [-0.1, -0.05) is 13.8 Å². The zero-order valence-corrected chi connectivity index (χ0v) is 7.63. The van der Waals surface area contributed by atoms with Crippen LogP contribution in [0.4, 0.5) is 0 Å². The number of halogens is 1. The van der Waals surface area contributed by atoms with Crippen molar-refractivity contribution in [3.63, 3.8) is 0 Å². The molecule has 0 fully saturated rings. The van der Waals surface area contributed by atoms with Crippen molar-refractivity contribution >= 4 is 21.8 Å². The van der Waals surface area contributed by atoms with Gasteiger partial charge in [-0.25, -0.2) is 0 Å². The Morgan fingerprint density at radius 2 is 1.25 bits per heavy atom. The highest BCUT2D eigenvalue weighted by atomic mass is 35.5. The first-order valence-corrected chi connectivity index (χ1v) is 3.57. The zero-order valence-electron chi connectivity index (χ0n) is 5.88. The topological polar surface area (TPSA) is 0 Å². The van der Waals surface area contributed by atoms with E-state index in [1.165, 1.54) is 0 Å². The fraction of sp³-hybridized carbons (Fsp3) is 1.00. The molecule has 0 aliphatic heterocycles. The van der Waals surface area contributed by atoms with E-state index in [1.54, 1.807) is 0 Å². The third-order valence-electron chi connectivity index (χ3n) is 1.49. The van der Waals surface area contributed by atoms with Crippen molar-refractivity contribution in [3.8, 4) is 0 Å². The van der Waals surface area contributed by atoms with Gasteiger partial charge in [0.2, 0.25) is 0 Å². The summed E-state index contributed by atoms with van der Waals surface area (Å²) in [6, 6.07) is 0. The lowest BCUT2D eigenvalue weighted by molar-refractivity contribution is 0.517. The third-order valence-corrected chi connectivity index (χ3v) is 2.74. The van der Waals surface area contributed by atoms with E-state index in [9.17, 15) is 0 Å². The number of alkyl halides is 1. The SMILES string of the molecule is CC(C)([Si])C(C)(C)Cl. The van der Waals surface area contributed by atoms with Gasteiger partial charge >= 0.3 is 0 Å². The molecular formula is C6H12ClSi. The molecule has 0 saturated carbocycles. The second-order valence-electron chi connectivity index (χ2n) is 3.10. The molecule has 0 spiro atoms. The van der Waals surface area contributed by atoms with Crippen molar-refractivity contribution in [3.05, 3.63) is 0 Å². The molecule has 0 bridgehead atoms. The lowest BCUT2D eigenvalue weighted by Gasteiger charge is -2.32. The lowest BCUT2D eigenvalue weighted by Crippen LogP contribution is -2.26. The van der Waals surface area contributed by atoms with Gasteiger partial charge in [0, 0.05) is 15.1 Å². The summed E-state index contributed by atoms with van der Waals surface area (Å²) < 4.78 is 0. The summed E-state index contributed by atoms with van der Waals surface area (Å²) in [5.74, 6) is 0. The molecule has 3 radical (unpaired) electrons. The Balaban J connectivity index is 4.02. The molecule has 0 saturated heterocycles. The predicted octanol–water partition coefficient (Wildman–Crippen LogP) is 2.37. The Morgan fingerprint density at radius 3 is 1.25 bits per heavy atom.